The van der Waals surface area contributed by atoms with Gasteiger partial charge in [-0.15, -0.1) is 0 Å². The third kappa shape index (κ3) is 5.21. The Morgan fingerprint density at radius 2 is 1.65 bits per heavy atom. The van der Waals surface area contributed by atoms with Gasteiger partial charge in [-0.1, -0.05) is 13.8 Å². The lowest BCUT2D eigenvalue weighted by Gasteiger charge is -2.21. The van der Waals surface area contributed by atoms with Gasteiger partial charge in [-0.05, 0) is 43.2 Å². The largest absolute Gasteiger partial charge is 0.439 e. The molecule has 0 bridgehead atoms. The Kier molecular flexibility index (Phi) is 6.60. The first-order valence-electron chi connectivity index (χ1n) is 8.45. The molecule has 1 amide bonds. The van der Waals surface area contributed by atoms with Crippen LogP contribution in [0.5, 0.6) is 11.6 Å². The molecular formula is C19H21F3N2O2. The quantitative estimate of drug-likeness (QED) is 0.680. The van der Waals surface area contributed by atoms with Crippen molar-refractivity contribution in [2.75, 3.05) is 13.1 Å². The lowest BCUT2D eigenvalue weighted by molar-refractivity contribution is -0.137. The van der Waals surface area contributed by atoms with Crippen molar-refractivity contribution in [2.45, 2.75) is 32.9 Å². The number of carbonyl (C=O) groups is 1. The van der Waals surface area contributed by atoms with Gasteiger partial charge in [0.2, 0.25) is 5.88 Å². The van der Waals surface area contributed by atoms with Crippen LogP contribution in [0.1, 0.15) is 42.6 Å². The summed E-state index contributed by atoms with van der Waals surface area (Å²) in [7, 11) is 0. The maximum Gasteiger partial charge on any atom is 0.417 e. The predicted octanol–water partition coefficient (Wildman–Crippen LogP) is 5.15. The molecule has 0 atom stereocenters. The fourth-order valence-corrected chi connectivity index (χ4v) is 2.43. The number of nitrogens with zero attached hydrogens (tertiary/aromatic N) is 2. The highest BCUT2D eigenvalue weighted by Crippen LogP contribution is 2.30. The smallest absolute Gasteiger partial charge is 0.417 e. The van der Waals surface area contributed by atoms with Crippen molar-refractivity contribution in [3.63, 3.8) is 0 Å². The van der Waals surface area contributed by atoms with E-state index in [9.17, 15) is 18.0 Å². The molecule has 140 valence electrons. The molecule has 0 saturated carbocycles. The van der Waals surface area contributed by atoms with Gasteiger partial charge in [-0.2, -0.15) is 13.2 Å². The van der Waals surface area contributed by atoms with E-state index in [1.54, 1.807) is 29.2 Å². The number of amides is 1. The fourth-order valence-electron chi connectivity index (χ4n) is 2.43. The molecule has 4 nitrogen and oxygen atoms in total. The minimum atomic E-state index is -4.43. The van der Waals surface area contributed by atoms with Crippen LogP contribution in [0.25, 0.3) is 0 Å². The first-order chi connectivity index (χ1) is 12.3. The van der Waals surface area contributed by atoms with E-state index >= 15 is 0 Å². The lowest BCUT2D eigenvalue weighted by atomic mass is 10.2. The summed E-state index contributed by atoms with van der Waals surface area (Å²) in [6.45, 7) is 5.43. The van der Waals surface area contributed by atoms with E-state index in [4.69, 9.17) is 4.74 Å². The Hall–Kier alpha value is -2.57. The average molecular weight is 366 g/mol. The van der Waals surface area contributed by atoms with Gasteiger partial charge in [-0.25, -0.2) is 4.98 Å². The van der Waals surface area contributed by atoms with Gasteiger partial charge in [0.1, 0.15) is 5.75 Å². The van der Waals surface area contributed by atoms with Gasteiger partial charge in [0.05, 0.1) is 5.56 Å². The Morgan fingerprint density at radius 3 is 2.12 bits per heavy atom. The summed E-state index contributed by atoms with van der Waals surface area (Å²) in [5, 5.41) is 0. The maximum atomic E-state index is 12.5. The fraction of sp³-hybridized carbons (Fsp3) is 0.368. The molecule has 0 saturated heterocycles. The van der Waals surface area contributed by atoms with Crippen molar-refractivity contribution in [3.8, 4) is 11.6 Å². The van der Waals surface area contributed by atoms with E-state index in [0.717, 1.165) is 31.2 Å². The van der Waals surface area contributed by atoms with Crippen molar-refractivity contribution in [3.05, 3.63) is 53.7 Å². The van der Waals surface area contributed by atoms with E-state index in [-0.39, 0.29) is 11.8 Å². The first-order valence-corrected chi connectivity index (χ1v) is 8.45. The number of halogens is 3. The molecule has 0 unspecified atom stereocenters. The van der Waals surface area contributed by atoms with Gasteiger partial charge < -0.3 is 9.64 Å². The molecule has 0 aliphatic carbocycles. The minimum Gasteiger partial charge on any atom is -0.439 e. The molecule has 0 spiro atoms. The predicted molar refractivity (Wildman–Crippen MR) is 92.2 cm³/mol. The number of rotatable bonds is 7. The van der Waals surface area contributed by atoms with E-state index in [0.29, 0.717) is 24.4 Å². The number of aromatic nitrogens is 1. The van der Waals surface area contributed by atoms with Crippen molar-refractivity contribution < 1.29 is 22.7 Å². The third-order valence-electron chi connectivity index (χ3n) is 3.66. The monoisotopic (exact) mass is 366 g/mol. The molecule has 2 aromatic rings. The molecule has 26 heavy (non-hydrogen) atoms. The van der Waals surface area contributed by atoms with Crippen molar-refractivity contribution >= 4 is 5.91 Å². The van der Waals surface area contributed by atoms with Crippen molar-refractivity contribution in [2.24, 2.45) is 0 Å². The molecule has 0 aliphatic heterocycles. The molecule has 1 heterocycles. The number of pyridine rings is 1. The van der Waals surface area contributed by atoms with Crippen molar-refractivity contribution in [1.29, 1.82) is 0 Å². The topological polar surface area (TPSA) is 42.4 Å². The van der Waals surface area contributed by atoms with Gasteiger partial charge in [0.15, 0.2) is 0 Å². The second-order valence-electron chi connectivity index (χ2n) is 5.80. The number of ether oxygens (including phenoxy) is 1. The number of hydrogen-bond acceptors (Lipinski definition) is 3. The number of carbonyl (C=O) groups excluding carboxylic acids is 1. The van der Waals surface area contributed by atoms with E-state index in [1.807, 2.05) is 13.8 Å². The number of benzene rings is 1. The molecule has 0 aliphatic rings. The molecule has 1 aromatic carbocycles. The normalized spacial score (nSPS) is 11.3. The third-order valence-corrected chi connectivity index (χ3v) is 3.66. The maximum absolute atomic E-state index is 12.5. The van der Waals surface area contributed by atoms with Gasteiger partial charge in [0.25, 0.3) is 5.91 Å². The second-order valence-corrected chi connectivity index (χ2v) is 5.80. The molecule has 0 radical (unpaired) electrons. The molecule has 0 N–H and O–H groups in total. The number of alkyl halides is 3. The van der Waals surface area contributed by atoms with Gasteiger partial charge >= 0.3 is 6.18 Å². The van der Waals surface area contributed by atoms with E-state index in [2.05, 4.69) is 4.98 Å². The summed E-state index contributed by atoms with van der Waals surface area (Å²) < 4.78 is 43.0. The van der Waals surface area contributed by atoms with E-state index in [1.165, 1.54) is 0 Å². The van der Waals surface area contributed by atoms with Gasteiger partial charge in [-0.3, -0.25) is 4.79 Å². The highest BCUT2D eigenvalue weighted by atomic mass is 19.4. The Morgan fingerprint density at radius 1 is 1.04 bits per heavy atom. The highest BCUT2D eigenvalue weighted by molar-refractivity contribution is 5.94. The number of hydrogen-bond donors (Lipinski definition) is 0. The second kappa shape index (κ2) is 8.69. The SMILES string of the molecule is CCCN(CCC)C(=O)c1ccc(Oc2ccc(C(F)(F)F)cn2)cc1. The summed E-state index contributed by atoms with van der Waals surface area (Å²) in [5.74, 6) is 0.398. The Labute approximate surface area is 150 Å². The summed E-state index contributed by atoms with van der Waals surface area (Å²) >= 11 is 0. The first kappa shape index (κ1) is 19.8. The molecule has 1 aromatic heterocycles. The van der Waals surface area contributed by atoms with Crippen LogP contribution in [0.2, 0.25) is 0 Å². The van der Waals surface area contributed by atoms with Crippen LogP contribution in [0, 0.1) is 0 Å². The zero-order chi connectivity index (χ0) is 19.2. The summed E-state index contributed by atoms with van der Waals surface area (Å²) in [5.41, 5.74) is -0.294. The van der Waals surface area contributed by atoms with Crippen LogP contribution in [0.3, 0.4) is 0 Å². The highest BCUT2D eigenvalue weighted by Gasteiger charge is 2.30. The van der Waals surface area contributed by atoms with Crippen LogP contribution in [0.15, 0.2) is 42.6 Å². The van der Waals surface area contributed by atoms with Crippen molar-refractivity contribution in [1.82, 2.24) is 9.88 Å². The van der Waals surface area contributed by atoms with Crippen LogP contribution in [-0.4, -0.2) is 28.9 Å². The van der Waals surface area contributed by atoms with Crippen LogP contribution < -0.4 is 4.74 Å². The zero-order valence-corrected chi connectivity index (χ0v) is 14.7. The Bertz CT molecular complexity index is 707. The lowest BCUT2D eigenvalue weighted by Crippen LogP contribution is -2.32. The van der Waals surface area contributed by atoms with Crippen LogP contribution in [-0.2, 0) is 6.18 Å². The summed E-state index contributed by atoms with van der Waals surface area (Å²) in [6.07, 6.45) is -1.95. The standard InChI is InChI=1S/C19H21F3N2O2/c1-3-11-24(12-4-2)18(25)14-5-8-16(9-6-14)26-17-10-7-15(13-23-17)19(20,21)22/h5-10,13H,3-4,11-12H2,1-2H3. The minimum absolute atomic E-state index is 0.0482. The average Bonchev–Trinajstić information content (AvgIpc) is 2.61. The molecular weight excluding hydrogens is 345 g/mol. The molecule has 0 fully saturated rings. The van der Waals surface area contributed by atoms with Gasteiger partial charge in [0, 0.05) is 30.9 Å². The summed E-state index contributed by atoms with van der Waals surface area (Å²) in [6, 6.07) is 8.55. The molecule has 7 heteroatoms. The van der Waals surface area contributed by atoms with Crippen LogP contribution in [0.4, 0.5) is 13.2 Å². The summed E-state index contributed by atoms with van der Waals surface area (Å²) in [4.78, 5) is 17.9. The van der Waals surface area contributed by atoms with Crippen LogP contribution >= 0.6 is 0 Å². The van der Waals surface area contributed by atoms with E-state index < -0.39 is 11.7 Å². The Balaban J connectivity index is 2.06. The molecule has 2 rings (SSSR count). The zero-order valence-electron chi connectivity index (χ0n) is 14.7.